The number of fused-ring (bicyclic) bond motifs is 1. The highest BCUT2D eigenvalue weighted by atomic mass is 32.2. The zero-order chi connectivity index (χ0) is 25.0. The Hall–Kier alpha value is -3.11. The normalized spacial score (nSPS) is 18.3. The third-order valence-electron chi connectivity index (χ3n) is 6.27. The van der Waals surface area contributed by atoms with Crippen LogP contribution in [-0.2, 0) is 24.3 Å². The van der Waals surface area contributed by atoms with Crippen LogP contribution in [0.3, 0.4) is 0 Å². The first-order chi connectivity index (χ1) is 16.8. The van der Waals surface area contributed by atoms with E-state index in [4.69, 9.17) is 14.2 Å². The third kappa shape index (κ3) is 5.76. The van der Waals surface area contributed by atoms with Gasteiger partial charge in [0.05, 0.1) is 24.2 Å². The highest BCUT2D eigenvalue weighted by Gasteiger charge is 2.34. The number of benzene rings is 2. The Balaban J connectivity index is 1.43. The van der Waals surface area contributed by atoms with Crippen LogP contribution in [-0.4, -0.2) is 52.7 Å². The van der Waals surface area contributed by atoms with Gasteiger partial charge in [-0.2, -0.15) is 0 Å². The van der Waals surface area contributed by atoms with E-state index in [1.807, 2.05) is 0 Å². The van der Waals surface area contributed by atoms with Crippen LogP contribution < -0.4 is 19.1 Å². The van der Waals surface area contributed by atoms with Crippen LogP contribution in [0.15, 0.2) is 47.4 Å². The topological polar surface area (TPSA) is 111 Å². The van der Waals surface area contributed by atoms with Crippen LogP contribution in [0.1, 0.15) is 37.7 Å². The molecule has 0 spiro atoms. The molecule has 4 rings (SSSR count). The molecule has 188 valence electrons. The zero-order valence-corrected chi connectivity index (χ0v) is 20.7. The molecule has 10 heteroatoms. The van der Waals surface area contributed by atoms with Crippen molar-refractivity contribution in [1.82, 2.24) is 4.72 Å². The van der Waals surface area contributed by atoms with Crippen molar-refractivity contribution in [3.05, 3.63) is 48.0 Å². The first kappa shape index (κ1) is 25.0. The van der Waals surface area contributed by atoms with Gasteiger partial charge in [0.15, 0.2) is 6.61 Å². The van der Waals surface area contributed by atoms with Crippen molar-refractivity contribution in [2.75, 3.05) is 25.2 Å². The number of hydrogen-bond donors (Lipinski definition) is 1. The number of ether oxygens (including phenoxy) is 3. The molecule has 1 heterocycles. The largest absolute Gasteiger partial charge is 0.483 e. The molecule has 0 saturated heterocycles. The Morgan fingerprint density at radius 3 is 2.57 bits per heavy atom. The summed E-state index contributed by atoms with van der Waals surface area (Å²) in [6.45, 7) is 1.43. The fourth-order valence-corrected chi connectivity index (χ4v) is 5.79. The summed E-state index contributed by atoms with van der Waals surface area (Å²) in [4.78, 5) is 26.7. The smallest absolute Gasteiger partial charge is 0.348 e. The number of para-hydroxylation sites is 2. The number of sulfonamides is 1. The number of rotatable bonds is 7. The van der Waals surface area contributed by atoms with Crippen LogP contribution in [0.2, 0.25) is 0 Å². The molecule has 1 N–H and O–H groups in total. The van der Waals surface area contributed by atoms with E-state index in [2.05, 4.69) is 4.72 Å². The Kier molecular flexibility index (Phi) is 7.61. The summed E-state index contributed by atoms with van der Waals surface area (Å²) in [5, 5.41) is 0. The van der Waals surface area contributed by atoms with Crippen molar-refractivity contribution < 1.29 is 32.2 Å². The Morgan fingerprint density at radius 1 is 1.11 bits per heavy atom. The van der Waals surface area contributed by atoms with Gasteiger partial charge in [0, 0.05) is 6.04 Å². The van der Waals surface area contributed by atoms with Crippen molar-refractivity contribution in [3.8, 4) is 11.5 Å². The van der Waals surface area contributed by atoms with E-state index in [0.29, 0.717) is 22.7 Å². The lowest BCUT2D eigenvalue weighted by Gasteiger charge is -2.33. The number of hydrogen-bond acceptors (Lipinski definition) is 7. The lowest BCUT2D eigenvalue weighted by atomic mass is 9.96. The zero-order valence-electron chi connectivity index (χ0n) is 19.9. The fraction of sp³-hybridized carbons (Fsp3) is 0.440. The van der Waals surface area contributed by atoms with Gasteiger partial charge in [-0.3, -0.25) is 4.79 Å². The summed E-state index contributed by atoms with van der Waals surface area (Å²) in [6, 6.07) is 11.5. The minimum atomic E-state index is -3.64. The van der Waals surface area contributed by atoms with Gasteiger partial charge in [-0.25, -0.2) is 17.9 Å². The molecule has 0 bridgehead atoms. The number of carbonyl (C=O) groups excluding carboxylic acids is 2. The van der Waals surface area contributed by atoms with Crippen LogP contribution in [0.25, 0.3) is 0 Å². The quantitative estimate of drug-likeness (QED) is 0.580. The van der Waals surface area contributed by atoms with Crippen molar-refractivity contribution in [3.63, 3.8) is 0 Å². The molecule has 1 fully saturated rings. The van der Waals surface area contributed by atoms with Gasteiger partial charge >= 0.3 is 5.97 Å². The number of esters is 1. The molecule has 1 atom stereocenters. The number of nitrogens with zero attached hydrogens (tertiary/aromatic N) is 1. The summed E-state index contributed by atoms with van der Waals surface area (Å²) in [7, 11) is -2.37. The van der Waals surface area contributed by atoms with Gasteiger partial charge in [0.25, 0.3) is 5.91 Å². The maximum atomic E-state index is 13.0. The molecule has 2 aliphatic rings. The number of amides is 1. The van der Waals surface area contributed by atoms with E-state index in [0.717, 1.165) is 32.1 Å². The summed E-state index contributed by atoms with van der Waals surface area (Å²) in [6.07, 6.45) is 3.96. The minimum Gasteiger partial charge on any atom is -0.483 e. The first-order valence-electron chi connectivity index (χ1n) is 11.7. The summed E-state index contributed by atoms with van der Waals surface area (Å²) in [5.41, 5.74) is 1.13. The van der Waals surface area contributed by atoms with Gasteiger partial charge in [-0.1, -0.05) is 31.4 Å². The molecule has 35 heavy (non-hydrogen) atoms. The van der Waals surface area contributed by atoms with E-state index in [1.54, 1.807) is 43.3 Å². The monoisotopic (exact) mass is 502 g/mol. The van der Waals surface area contributed by atoms with Crippen LogP contribution >= 0.6 is 0 Å². The molecule has 1 aliphatic heterocycles. The number of anilines is 1. The average molecular weight is 503 g/mol. The molecule has 9 nitrogen and oxygen atoms in total. The molecule has 2 aromatic carbocycles. The average Bonchev–Trinajstić information content (AvgIpc) is 2.86. The van der Waals surface area contributed by atoms with E-state index in [9.17, 15) is 18.0 Å². The van der Waals surface area contributed by atoms with Crippen LogP contribution in [0, 0.1) is 6.92 Å². The second-order valence-corrected chi connectivity index (χ2v) is 10.5. The lowest BCUT2D eigenvalue weighted by Crippen LogP contribution is -2.48. The van der Waals surface area contributed by atoms with Crippen molar-refractivity contribution in [2.45, 2.75) is 56.1 Å². The van der Waals surface area contributed by atoms with Crippen molar-refractivity contribution in [1.29, 1.82) is 0 Å². The maximum Gasteiger partial charge on any atom is 0.348 e. The standard InChI is InChI=1S/C25H30N2O7S/c1-17-14-19(35(30,31)26-18-8-4-3-5-9-18)12-13-21(17)33-16-24(28)27-15-23(25(29)32-2)34-22-11-7-6-10-20(22)27/h6-7,10-14,18,23,26H,3-5,8-9,15-16H2,1-2H3/t23-/m0/s1. The molecule has 1 saturated carbocycles. The lowest BCUT2D eigenvalue weighted by molar-refractivity contribution is -0.148. The van der Waals surface area contributed by atoms with Crippen LogP contribution in [0.4, 0.5) is 5.69 Å². The summed E-state index contributed by atoms with van der Waals surface area (Å²) < 4.78 is 44.6. The summed E-state index contributed by atoms with van der Waals surface area (Å²) >= 11 is 0. The number of carbonyl (C=O) groups is 2. The molecule has 2 aromatic rings. The van der Waals surface area contributed by atoms with E-state index in [1.165, 1.54) is 18.1 Å². The predicted molar refractivity (Wildman–Crippen MR) is 129 cm³/mol. The van der Waals surface area contributed by atoms with Crippen molar-refractivity contribution >= 4 is 27.6 Å². The van der Waals surface area contributed by atoms with E-state index >= 15 is 0 Å². The molecule has 0 aromatic heterocycles. The van der Waals surface area contributed by atoms with Gasteiger partial charge < -0.3 is 19.1 Å². The molecule has 1 amide bonds. The summed E-state index contributed by atoms with van der Waals surface area (Å²) in [5.74, 6) is -0.142. The number of nitrogens with one attached hydrogen (secondary N) is 1. The Labute approximate surface area is 205 Å². The van der Waals surface area contributed by atoms with Gasteiger partial charge in [-0.15, -0.1) is 0 Å². The SMILES string of the molecule is COC(=O)[C@@H]1CN(C(=O)COc2ccc(S(=O)(=O)NC3CCCCC3)cc2C)c2ccccc2O1. The second kappa shape index (κ2) is 10.7. The Morgan fingerprint density at radius 2 is 1.86 bits per heavy atom. The van der Waals surface area contributed by atoms with E-state index < -0.39 is 22.1 Å². The molecule has 0 unspecified atom stereocenters. The molecule has 1 aliphatic carbocycles. The molecular formula is C25H30N2O7S. The van der Waals surface area contributed by atoms with Crippen LogP contribution in [0.5, 0.6) is 11.5 Å². The maximum absolute atomic E-state index is 13.0. The predicted octanol–water partition coefficient (Wildman–Crippen LogP) is 2.95. The van der Waals surface area contributed by atoms with Gasteiger partial charge in [0.1, 0.15) is 11.5 Å². The van der Waals surface area contributed by atoms with Crippen molar-refractivity contribution in [2.24, 2.45) is 0 Å². The first-order valence-corrected chi connectivity index (χ1v) is 13.2. The molecule has 0 radical (unpaired) electrons. The number of methoxy groups -OCH3 is 1. The molecular weight excluding hydrogens is 472 g/mol. The number of aryl methyl sites for hydroxylation is 1. The fourth-order valence-electron chi connectivity index (χ4n) is 4.40. The van der Waals surface area contributed by atoms with E-state index in [-0.39, 0.29) is 30.0 Å². The second-order valence-electron chi connectivity index (χ2n) is 8.77. The van der Waals surface area contributed by atoms with Gasteiger partial charge in [-0.05, 0) is 55.7 Å². The Bertz CT molecular complexity index is 1190. The third-order valence-corrected chi connectivity index (χ3v) is 7.79. The van der Waals surface area contributed by atoms with Gasteiger partial charge in [0.2, 0.25) is 16.1 Å². The highest BCUT2D eigenvalue weighted by molar-refractivity contribution is 7.89. The highest BCUT2D eigenvalue weighted by Crippen LogP contribution is 2.33. The minimum absolute atomic E-state index is 0.00508.